The second-order valence-corrected chi connectivity index (χ2v) is 6.42. The molecule has 1 aromatic rings. The molecule has 1 heterocycles. The highest BCUT2D eigenvalue weighted by Gasteiger charge is 2.69. The molecule has 1 saturated carbocycles. The molecule has 0 saturated heterocycles. The van der Waals surface area contributed by atoms with Crippen molar-refractivity contribution in [3.05, 3.63) is 35.4 Å². The van der Waals surface area contributed by atoms with Crippen molar-refractivity contribution in [3.8, 4) is 0 Å². The summed E-state index contributed by atoms with van der Waals surface area (Å²) in [5.74, 6) is -2.15. The molecule has 1 amide bonds. The van der Waals surface area contributed by atoms with Crippen molar-refractivity contribution >= 4 is 17.9 Å². The van der Waals surface area contributed by atoms with Gasteiger partial charge in [-0.25, -0.2) is 4.99 Å². The molecule has 1 atom stereocenters. The van der Waals surface area contributed by atoms with Gasteiger partial charge in [0.05, 0.1) is 6.04 Å². The topological polar surface area (TPSA) is 128 Å². The highest BCUT2D eigenvalue weighted by atomic mass is 19.4. The lowest BCUT2D eigenvalue weighted by molar-refractivity contribution is -0.202. The van der Waals surface area contributed by atoms with E-state index in [2.05, 4.69) is 4.99 Å². The number of carbonyl (C=O) groups excluding carboxylic acids is 1. The first kappa shape index (κ1) is 20.5. The van der Waals surface area contributed by atoms with Gasteiger partial charge in [-0.15, -0.1) is 0 Å². The van der Waals surface area contributed by atoms with Crippen LogP contribution < -0.4 is 11.5 Å². The third kappa shape index (κ3) is 5.11. The minimum absolute atomic E-state index is 0.144. The van der Waals surface area contributed by atoms with E-state index < -0.39 is 23.5 Å². The standard InChI is InChI=1S/C12H15N3O2.C5H5F3O2/c13-11(16)9-4-1-8(2-5-9)3-6-10-7-17-12(14)15-10;6-5(7,8)4(1-2-4)3(9)10/h1-2,4-5,10H,3,6-7H2,(H2,13,16)(H2,14,15);1-2H2,(H,9,10)/t10-;/m0./s1. The Kier molecular flexibility index (Phi) is 5.97. The molecule has 2 aliphatic rings. The Morgan fingerprint density at radius 2 is 1.85 bits per heavy atom. The number of nitrogens with zero attached hydrogens (tertiary/aromatic N) is 1. The number of aryl methyl sites for hydroxylation is 1. The van der Waals surface area contributed by atoms with E-state index in [1.807, 2.05) is 12.1 Å². The fourth-order valence-electron chi connectivity index (χ4n) is 2.50. The van der Waals surface area contributed by atoms with Gasteiger partial charge < -0.3 is 21.3 Å². The normalized spacial score (nSPS) is 20.0. The molecule has 0 aromatic heterocycles. The zero-order chi connectivity index (χ0) is 20.2. The third-order valence-corrected chi connectivity index (χ3v) is 4.44. The number of carboxylic acid groups (broad SMARTS) is 1. The van der Waals surface area contributed by atoms with Crippen LogP contribution >= 0.6 is 0 Å². The van der Waals surface area contributed by atoms with E-state index in [0.29, 0.717) is 12.2 Å². The summed E-state index contributed by atoms with van der Waals surface area (Å²) in [6, 6.07) is 7.71. The molecule has 1 aliphatic heterocycles. The van der Waals surface area contributed by atoms with Crippen molar-refractivity contribution in [1.82, 2.24) is 0 Å². The zero-order valence-corrected chi connectivity index (χ0v) is 14.3. The summed E-state index contributed by atoms with van der Waals surface area (Å²) in [6.07, 6.45) is -3.35. The first-order chi connectivity index (χ1) is 12.5. The minimum atomic E-state index is -4.57. The van der Waals surface area contributed by atoms with Crippen LogP contribution in [0, 0.1) is 5.41 Å². The second-order valence-electron chi connectivity index (χ2n) is 6.42. The Morgan fingerprint density at radius 1 is 1.26 bits per heavy atom. The van der Waals surface area contributed by atoms with E-state index >= 15 is 0 Å². The molecule has 0 spiro atoms. The molecule has 1 aliphatic carbocycles. The summed E-state index contributed by atoms with van der Waals surface area (Å²) < 4.78 is 40.4. The maximum absolute atomic E-state index is 11.8. The molecule has 0 bridgehead atoms. The number of hydrogen-bond acceptors (Lipinski definition) is 5. The number of carboxylic acids is 1. The fourth-order valence-corrected chi connectivity index (χ4v) is 2.50. The number of aliphatic imine (C=N–C) groups is 1. The lowest BCUT2D eigenvalue weighted by atomic mass is 10.0. The number of primary amides is 1. The molecule has 148 valence electrons. The molecule has 3 rings (SSSR count). The van der Waals surface area contributed by atoms with Gasteiger partial charge in [0.25, 0.3) is 6.02 Å². The highest BCUT2D eigenvalue weighted by Crippen LogP contribution is 2.57. The average Bonchev–Trinajstić information content (AvgIpc) is 3.32. The van der Waals surface area contributed by atoms with E-state index in [9.17, 15) is 22.8 Å². The van der Waals surface area contributed by atoms with Crippen LogP contribution in [-0.4, -0.2) is 41.8 Å². The number of carbonyl (C=O) groups is 2. The Morgan fingerprint density at radius 3 is 2.19 bits per heavy atom. The molecule has 0 unspecified atom stereocenters. The highest BCUT2D eigenvalue weighted by molar-refractivity contribution is 5.92. The summed E-state index contributed by atoms with van der Waals surface area (Å²) in [5, 5.41) is 8.12. The number of hydrogen-bond donors (Lipinski definition) is 3. The molecule has 5 N–H and O–H groups in total. The number of ether oxygens (including phenoxy) is 1. The van der Waals surface area contributed by atoms with Crippen LogP contribution in [0.1, 0.15) is 35.2 Å². The van der Waals surface area contributed by atoms with Gasteiger partial charge >= 0.3 is 12.1 Å². The Bertz CT molecular complexity index is 728. The number of aliphatic carboxylic acids is 1. The van der Waals surface area contributed by atoms with Crippen LogP contribution in [0.15, 0.2) is 29.3 Å². The number of halogens is 3. The number of benzene rings is 1. The Balaban J connectivity index is 0.000000223. The molecule has 1 aromatic carbocycles. The van der Waals surface area contributed by atoms with Gasteiger partial charge in [-0.2, -0.15) is 13.2 Å². The fraction of sp³-hybridized carbons (Fsp3) is 0.471. The SMILES string of the molecule is NC(=O)c1ccc(CC[C@H]2COC(N)=N2)cc1.O=C(O)C1(C(F)(F)F)CC1. The monoisotopic (exact) mass is 387 g/mol. The first-order valence-electron chi connectivity index (χ1n) is 8.20. The van der Waals surface area contributed by atoms with E-state index in [4.69, 9.17) is 21.3 Å². The van der Waals surface area contributed by atoms with Gasteiger partial charge in [-0.1, -0.05) is 12.1 Å². The lowest BCUT2D eigenvalue weighted by Crippen LogP contribution is -2.32. The third-order valence-electron chi connectivity index (χ3n) is 4.44. The number of alkyl halides is 3. The Hall–Kier alpha value is -2.78. The lowest BCUT2D eigenvalue weighted by Gasteiger charge is -2.12. The molecule has 10 heteroatoms. The number of nitrogens with two attached hydrogens (primary N) is 2. The number of rotatable bonds is 5. The van der Waals surface area contributed by atoms with Crippen molar-refractivity contribution in [2.45, 2.75) is 37.9 Å². The Labute approximate surface area is 153 Å². The van der Waals surface area contributed by atoms with Gasteiger partial charge in [0.15, 0.2) is 5.41 Å². The smallest absolute Gasteiger partial charge is 0.404 e. The number of amides is 1. The number of amidine groups is 1. The van der Waals surface area contributed by atoms with Crippen LogP contribution in [0.4, 0.5) is 13.2 Å². The molecular weight excluding hydrogens is 367 g/mol. The van der Waals surface area contributed by atoms with E-state index in [-0.39, 0.29) is 24.9 Å². The molecule has 7 nitrogen and oxygen atoms in total. The van der Waals surface area contributed by atoms with Gasteiger partial charge in [-0.3, -0.25) is 9.59 Å². The van der Waals surface area contributed by atoms with Crippen LogP contribution in [0.25, 0.3) is 0 Å². The van der Waals surface area contributed by atoms with Gasteiger partial charge in [0.2, 0.25) is 5.91 Å². The first-order valence-corrected chi connectivity index (χ1v) is 8.20. The van der Waals surface area contributed by atoms with Crippen molar-refractivity contribution in [2.24, 2.45) is 21.9 Å². The predicted octanol–water partition coefficient (Wildman–Crippen LogP) is 1.85. The summed E-state index contributed by atoms with van der Waals surface area (Å²) in [6.45, 7) is 0.561. The largest absolute Gasteiger partial charge is 0.481 e. The molecular formula is C17H20F3N3O4. The van der Waals surface area contributed by atoms with Crippen LogP contribution in [0.5, 0.6) is 0 Å². The maximum Gasteiger partial charge on any atom is 0.404 e. The van der Waals surface area contributed by atoms with Crippen LogP contribution in [-0.2, 0) is 16.0 Å². The molecule has 1 fully saturated rings. The van der Waals surface area contributed by atoms with Crippen LogP contribution in [0.3, 0.4) is 0 Å². The summed E-state index contributed by atoms with van der Waals surface area (Å²) in [5.41, 5.74) is 9.87. The molecule has 0 radical (unpaired) electrons. The van der Waals surface area contributed by atoms with Gasteiger partial charge in [0, 0.05) is 5.56 Å². The molecule has 27 heavy (non-hydrogen) atoms. The second kappa shape index (κ2) is 7.85. The van der Waals surface area contributed by atoms with E-state index in [0.717, 1.165) is 18.4 Å². The van der Waals surface area contributed by atoms with Crippen LogP contribution in [0.2, 0.25) is 0 Å². The summed E-state index contributed by atoms with van der Waals surface area (Å²) in [4.78, 5) is 25.0. The summed E-state index contributed by atoms with van der Waals surface area (Å²) in [7, 11) is 0. The quantitative estimate of drug-likeness (QED) is 0.710. The van der Waals surface area contributed by atoms with Gasteiger partial charge in [-0.05, 0) is 43.4 Å². The minimum Gasteiger partial charge on any atom is -0.481 e. The zero-order valence-electron chi connectivity index (χ0n) is 14.3. The van der Waals surface area contributed by atoms with Gasteiger partial charge in [0.1, 0.15) is 6.61 Å². The van der Waals surface area contributed by atoms with Crippen molar-refractivity contribution < 1.29 is 32.6 Å². The van der Waals surface area contributed by atoms with Crippen molar-refractivity contribution in [1.29, 1.82) is 0 Å². The van der Waals surface area contributed by atoms with Crippen molar-refractivity contribution in [3.63, 3.8) is 0 Å². The summed E-state index contributed by atoms with van der Waals surface area (Å²) >= 11 is 0. The maximum atomic E-state index is 11.8. The predicted molar refractivity (Wildman–Crippen MR) is 90.0 cm³/mol. The van der Waals surface area contributed by atoms with E-state index in [1.54, 1.807) is 12.1 Å². The van der Waals surface area contributed by atoms with E-state index in [1.165, 1.54) is 0 Å². The average molecular weight is 387 g/mol. The van der Waals surface area contributed by atoms with Crippen molar-refractivity contribution in [2.75, 3.05) is 6.61 Å².